The van der Waals surface area contributed by atoms with Gasteiger partial charge in [-0.15, -0.1) is 0 Å². The molecule has 31 heavy (non-hydrogen) atoms. The van der Waals surface area contributed by atoms with Crippen LogP contribution in [0.2, 0.25) is 0 Å². The summed E-state index contributed by atoms with van der Waals surface area (Å²) < 4.78 is 0. The molecule has 1 amide bonds. The Morgan fingerprint density at radius 2 is 1.65 bits per heavy atom. The van der Waals surface area contributed by atoms with Gasteiger partial charge in [-0.3, -0.25) is 19.5 Å². The fraction of sp³-hybridized carbons (Fsp3) is 0.160. The molecule has 6 nitrogen and oxygen atoms in total. The smallest absolute Gasteiger partial charge is 0.300 e. The molecular formula is C25H23N3O3. The maximum absolute atomic E-state index is 13.1. The van der Waals surface area contributed by atoms with Gasteiger partial charge in [0.15, 0.2) is 0 Å². The Hall–Kier alpha value is -3.93. The summed E-state index contributed by atoms with van der Waals surface area (Å²) in [6, 6.07) is 19.0. The summed E-state index contributed by atoms with van der Waals surface area (Å²) in [5.74, 6) is -1.63. The quantitative estimate of drug-likeness (QED) is 0.396. The molecule has 0 spiro atoms. The Kier molecular flexibility index (Phi) is 5.29. The molecule has 1 aliphatic rings. The number of hydrogen-bond donors (Lipinski definition) is 1. The zero-order valence-electron chi connectivity index (χ0n) is 17.6. The molecule has 1 fully saturated rings. The number of aliphatic hydroxyl groups excluding tert-OH is 1. The third-order valence-corrected chi connectivity index (χ3v) is 5.38. The van der Waals surface area contributed by atoms with E-state index in [0.717, 1.165) is 11.3 Å². The second-order valence-electron chi connectivity index (χ2n) is 7.70. The number of Topliss-reactive ketones (excluding diaryl/α,β-unsaturated/α-hetero) is 1. The lowest BCUT2D eigenvalue weighted by Gasteiger charge is -2.25. The molecule has 0 bridgehead atoms. The van der Waals surface area contributed by atoms with Crippen molar-refractivity contribution < 1.29 is 14.7 Å². The fourth-order valence-corrected chi connectivity index (χ4v) is 3.69. The first-order chi connectivity index (χ1) is 14.9. The average Bonchev–Trinajstić information content (AvgIpc) is 3.05. The summed E-state index contributed by atoms with van der Waals surface area (Å²) in [6.07, 6.45) is 1.61. The number of aromatic nitrogens is 1. The number of aliphatic hydroxyl groups is 1. The molecule has 2 aromatic carbocycles. The van der Waals surface area contributed by atoms with Crippen LogP contribution in [0.25, 0.3) is 5.76 Å². The van der Waals surface area contributed by atoms with Crippen molar-refractivity contribution in [3.8, 4) is 0 Å². The largest absolute Gasteiger partial charge is 0.507 e. The minimum Gasteiger partial charge on any atom is -0.507 e. The standard InChI is InChI=1S/C25H23N3O3/c1-16-7-9-17(10-8-16)23(29)21-22(20-6-4-5-15-26-20)28(25(31)24(21)30)19-13-11-18(12-14-19)27(2)3/h4-15,22,29H,1-3H3/b23-21-. The Morgan fingerprint density at radius 1 is 0.968 bits per heavy atom. The van der Waals surface area contributed by atoms with E-state index in [0.29, 0.717) is 16.9 Å². The van der Waals surface area contributed by atoms with Gasteiger partial charge in [-0.2, -0.15) is 0 Å². The lowest BCUT2D eigenvalue weighted by Crippen LogP contribution is -2.29. The molecule has 1 N–H and O–H groups in total. The molecule has 1 atom stereocenters. The van der Waals surface area contributed by atoms with Gasteiger partial charge in [0.05, 0.1) is 11.3 Å². The van der Waals surface area contributed by atoms with Crippen LogP contribution in [0.4, 0.5) is 11.4 Å². The van der Waals surface area contributed by atoms with Crippen molar-refractivity contribution >= 4 is 28.8 Å². The van der Waals surface area contributed by atoms with Gasteiger partial charge in [-0.05, 0) is 43.3 Å². The van der Waals surface area contributed by atoms with Crippen LogP contribution in [-0.2, 0) is 9.59 Å². The lowest BCUT2D eigenvalue weighted by molar-refractivity contribution is -0.132. The number of amides is 1. The van der Waals surface area contributed by atoms with Crippen molar-refractivity contribution in [2.45, 2.75) is 13.0 Å². The van der Waals surface area contributed by atoms with E-state index in [1.54, 1.807) is 48.7 Å². The number of anilines is 2. The van der Waals surface area contributed by atoms with Crippen LogP contribution >= 0.6 is 0 Å². The molecule has 3 aromatic rings. The normalized spacial score (nSPS) is 17.8. The van der Waals surface area contributed by atoms with E-state index in [1.807, 2.05) is 50.2 Å². The van der Waals surface area contributed by atoms with Gasteiger partial charge in [0.1, 0.15) is 11.8 Å². The summed E-state index contributed by atoms with van der Waals surface area (Å²) >= 11 is 0. The zero-order valence-corrected chi connectivity index (χ0v) is 17.6. The molecule has 2 heterocycles. The van der Waals surface area contributed by atoms with Crippen LogP contribution in [-0.4, -0.2) is 35.9 Å². The van der Waals surface area contributed by atoms with Gasteiger partial charge in [0, 0.05) is 37.2 Å². The van der Waals surface area contributed by atoms with Gasteiger partial charge in [-0.1, -0.05) is 35.9 Å². The number of hydrogen-bond acceptors (Lipinski definition) is 5. The zero-order chi connectivity index (χ0) is 22.1. The first-order valence-corrected chi connectivity index (χ1v) is 9.95. The monoisotopic (exact) mass is 413 g/mol. The number of ketones is 1. The summed E-state index contributed by atoms with van der Waals surface area (Å²) in [6.45, 7) is 1.94. The Labute approximate surface area is 181 Å². The molecular weight excluding hydrogens is 390 g/mol. The molecule has 156 valence electrons. The van der Waals surface area contributed by atoms with E-state index < -0.39 is 17.7 Å². The second kappa shape index (κ2) is 8.07. The van der Waals surface area contributed by atoms with Crippen molar-refractivity contribution in [2.75, 3.05) is 23.9 Å². The maximum atomic E-state index is 13.1. The lowest BCUT2D eigenvalue weighted by atomic mass is 9.97. The Morgan fingerprint density at radius 3 is 2.23 bits per heavy atom. The highest BCUT2D eigenvalue weighted by molar-refractivity contribution is 6.51. The number of benzene rings is 2. The van der Waals surface area contributed by atoms with Gasteiger partial charge < -0.3 is 10.0 Å². The summed E-state index contributed by atoms with van der Waals surface area (Å²) in [4.78, 5) is 33.9. The van der Waals surface area contributed by atoms with E-state index >= 15 is 0 Å². The minimum atomic E-state index is -0.826. The van der Waals surface area contributed by atoms with E-state index in [-0.39, 0.29) is 11.3 Å². The van der Waals surface area contributed by atoms with Crippen LogP contribution in [0, 0.1) is 6.92 Å². The van der Waals surface area contributed by atoms with Crippen molar-refractivity contribution in [2.24, 2.45) is 0 Å². The van der Waals surface area contributed by atoms with Crippen LogP contribution < -0.4 is 9.80 Å². The highest BCUT2D eigenvalue weighted by Crippen LogP contribution is 2.41. The number of carbonyl (C=O) groups excluding carboxylic acids is 2. The topological polar surface area (TPSA) is 73.7 Å². The molecule has 1 saturated heterocycles. The second-order valence-corrected chi connectivity index (χ2v) is 7.70. The third-order valence-electron chi connectivity index (χ3n) is 5.38. The van der Waals surface area contributed by atoms with Crippen molar-refractivity contribution in [1.29, 1.82) is 0 Å². The summed E-state index contributed by atoms with van der Waals surface area (Å²) in [5.41, 5.74) is 3.57. The fourth-order valence-electron chi connectivity index (χ4n) is 3.69. The predicted octanol–water partition coefficient (Wildman–Crippen LogP) is 4.08. The Balaban J connectivity index is 1.89. The number of aryl methyl sites for hydroxylation is 1. The highest BCUT2D eigenvalue weighted by Gasteiger charge is 2.47. The van der Waals surface area contributed by atoms with Crippen LogP contribution in [0.3, 0.4) is 0 Å². The van der Waals surface area contributed by atoms with E-state index in [9.17, 15) is 14.7 Å². The van der Waals surface area contributed by atoms with Crippen LogP contribution in [0.5, 0.6) is 0 Å². The van der Waals surface area contributed by atoms with Crippen molar-refractivity contribution in [3.63, 3.8) is 0 Å². The molecule has 0 saturated carbocycles. The third kappa shape index (κ3) is 3.68. The molecule has 1 unspecified atom stereocenters. The summed E-state index contributed by atoms with van der Waals surface area (Å²) in [7, 11) is 3.85. The summed E-state index contributed by atoms with van der Waals surface area (Å²) in [5, 5.41) is 11.1. The predicted molar refractivity (Wildman–Crippen MR) is 121 cm³/mol. The number of carbonyl (C=O) groups is 2. The molecule has 4 rings (SSSR count). The molecule has 6 heteroatoms. The molecule has 0 radical (unpaired) electrons. The van der Waals surface area contributed by atoms with Gasteiger partial charge in [0.2, 0.25) is 0 Å². The van der Waals surface area contributed by atoms with Crippen LogP contribution in [0.15, 0.2) is 78.5 Å². The molecule has 0 aliphatic carbocycles. The SMILES string of the molecule is Cc1ccc(/C(O)=C2/C(=O)C(=O)N(c3ccc(N(C)C)cc3)C2c2ccccn2)cc1. The van der Waals surface area contributed by atoms with Crippen molar-refractivity contribution in [3.05, 3.63) is 95.3 Å². The number of pyridine rings is 1. The maximum Gasteiger partial charge on any atom is 0.300 e. The van der Waals surface area contributed by atoms with E-state index in [4.69, 9.17) is 0 Å². The van der Waals surface area contributed by atoms with Crippen molar-refractivity contribution in [1.82, 2.24) is 4.98 Å². The number of rotatable bonds is 4. The minimum absolute atomic E-state index is 0.0317. The number of nitrogens with zero attached hydrogens (tertiary/aromatic N) is 3. The van der Waals surface area contributed by atoms with Gasteiger partial charge in [-0.25, -0.2) is 0 Å². The van der Waals surface area contributed by atoms with E-state index in [2.05, 4.69) is 4.98 Å². The first-order valence-electron chi connectivity index (χ1n) is 9.95. The van der Waals surface area contributed by atoms with Crippen LogP contribution in [0.1, 0.15) is 22.9 Å². The highest BCUT2D eigenvalue weighted by atomic mass is 16.3. The van der Waals surface area contributed by atoms with Gasteiger partial charge >= 0.3 is 0 Å². The molecule has 1 aromatic heterocycles. The van der Waals surface area contributed by atoms with Gasteiger partial charge in [0.25, 0.3) is 11.7 Å². The Bertz CT molecular complexity index is 1150. The first kappa shape index (κ1) is 20.3. The van der Waals surface area contributed by atoms with E-state index in [1.165, 1.54) is 4.90 Å². The molecule has 1 aliphatic heterocycles. The average molecular weight is 413 g/mol.